The standard InChI is InChI=1S/C17H20F3NO6/c1-9(15(24)26-2)8-12(16(25)27-3)21-14(23)13(22)10-4-6-11(7-5-10)17(18,19)20/h4-7,9,12-13,22H,8H2,1-3H3,(H,21,23)/t9-,12-,13-/m0/s1. The van der Waals surface area contributed by atoms with Crippen LogP contribution in [0.5, 0.6) is 0 Å². The molecule has 1 aromatic carbocycles. The molecule has 0 aliphatic heterocycles. The van der Waals surface area contributed by atoms with Gasteiger partial charge in [-0.15, -0.1) is 0 Å². The maximum Gasteiger partial charge on any atom is 0.416 e. The first-order chi connectivity index (χ1) is 12.5. The predicted octanol–water partition coefficient (Wildman–Crippen LogP) is 1.60. The Balaban J connectivity index is 2.87. The number of hydrogen-bond donors (Lipinski definition) is 2. The zero-order valence-corrected chi connectivity index (χ0v) is 14.9. The summed E-state index contributed by atoms with van der Waals surface area (Å²) in [5.41, 5.74) is -1.02. The Morgan fingerprint density at radius 1 is 1.07 bits per heavy atom. The Kier molecular flexibility index (Phi) is 7.77. The lowest BCUT2D eigenvalue weighted by molar-refractivity contribution is -0.149. The van der Waals surface area contributed by atoms with Crippen molar-refractivity contribution in [1.29, 1.82) is 0 Å². The maximum absolute atomic E-state index is 12.6. The van der Waals surface area contributed by atoms with Crippen molar-refractivity contribution in [1.82, 2.24) is 5.32 Å². The number of ether oxygens (including phenoxy) is 2. The van der Waals surface area contributed by atoms with Gasteiger partial charge in [0, 0.05) is 0 Å². The van der Waals surface area contributed by atoms with Crippen LogP contribution >= 0.6 is 0 Å². The second-order valence-electron chi connectivity index (χ2n) is 5.77. The molecule has 10 heteroatoms. The summed E-state index contributed by atoms with van der Waals surface area (Å²) in [6, 6.07) is 2.11. The first-order valence-corrected chi connectivity index (χ1v) is 7.82. The molecule has 0 unspecified atom stereocenters. The van der Waals surface area contributed by atoms with Crippen molar-refractivity contribution in [3.8, 4) is 0 Å². The highest BCUT2D eigenvalue weighted by Crippen LogP contribution is 2.30. The minimum absolute atomic E-state index is 0.0925. The number of nitrogens with one attached hydrogen (secondary N) is 1. The van der Waals surface area contributed by atoms with E-state index >= 15 is 0 Å². The molecule has 0 saturated carbocycles. The molecule has 0 heterocycles. The predicted molar refractivity (Wildman–Crippen MR) is 86.1 cm³/mol. The smallest absolute Gasteiger partial charge is 0.416 e. The van der Waals surface area contributed by atoms with Crippen molar-refractivity contribution in [2.75, 3.05) is 14.2 Å². The molecular formula is C17H20F3NO6. The van der Waals surface area contributed by atoms with Gasteiger partial charge in [0.05, 0.1) is 25.7 Å². The van der Waals surface area contributed by atoms with E-state index in [4.69, 9.17) is 0 Å². The van der Waals surface area contributed by atoms with Gasteiger partial charge in [0.1, 0.15) is 6.04 Å². The van der Waals surface area contributed by atoms with Crippen molar-refractivity contribution < 1.29 is 42.1 Å². The van der Waals surface area contributed by atoms with Crippen LogP contribution in [0.15, 0.2) is 24.3 Å². The molecule has 0 radical (unpaired) electrons. The van der Waals surface area contributed by atoms with E-state index in [9.17, 15) is 32.7 Å². The van der Waals surface area contributed by atoms with E-state index in [1.807, 2.05) is 0 Å². The minimum atomic E-state index is -4.55. The number of halogens is 3. The van der Waals surface area contributed by atoms with Gasteiger partial charge in [-0.2, -0.15) is 13.2 Å². The largest absolute Gasteiger partial charge is 0.469 e. The third-order valence-corrected chi connectivity index (χ3v) is 3.80. The second kappa shape index (κ2) is 9.36. The van der Waals surface area contributed by atoms with Gasteiger partial charge in [-0.25, -0.2) is 4.79 Å². The van der Waals surface area contributed by atoms with Crippen LogP contribution in [-0.4, -0.2) is 43.2 Å². The topological polar surface area (TPSA) is 102 Å². The van der Waals surface area contributed by atoms with Crippen molar-refractivity contribution in [3.05, 3.63) is 35.4 Å². The van der Waals surface area contributed by atoms with Gasteiger partial charge in [0.15, 0.2) is 6.10 Å². The third kappa shape index (κ3) is 6.24. The molecule has 150 valence electrons. The van der Waals surface area contributed by atoms with E-state index in [1.54, 1.807) is 0 Å². The number of carbonyl (C=O) groups excluding carboxylic acids is 3. The lowest BCUT2D eigenvalue weighted by atomic mass is 10.0. The summed E-state index contributed by atoms with van der Waals surface area (Å²) in [5.74, 6) is -3.23. The molecule has 27 heavy (non-hydrogen) atoms. The fraction of sp³-hybridized carbons (Fsp3) is 0.471. The molecule has 0 aliphatic carbocycles. The number of aliphatic hydroxyl groups excluding tert-OH is 1. The summed E-state index contributed by atoms with van der Waals surface area (Å²) in [5, 5.41) is 12.3. The Bertz CT molecular complexity index is 674. The highest BCUT2D eigenvalue weighted by molar-refractivity contribution is 5.88. The number of benzene rings is 1. The molecule has 1 rings (SSSR count). The van der Waals surface area contributed by atoms with Crippen LogP contribution < -0.4 is 5.32 Å². The molecule has 0 aromatic heterocycles. The van der Waals surface area contributed by atoms with Gasteiger partial charge in [0.25, 0.3) is 5.91 Å². The molecule has 0 aliphatic rings. The molecule has 2 N–H and O–H groups in total. The van der Waals surface area contributed by atoms with Crippen LogP contribution in [0, 0.1) is 5.92 Å². The van der Waals surface area contributed by atoms with E-state index in [0.717, 1.165) is 31.4 Å². The van der Waals surface area contributed by atoms with Crippen molar-refractivity contribution in [2.45, 2.75) is 31.7 Å². The number of methoxy groups -OCH3 is 2. The number of carbonyl (C=O) groups is 3. The van der Waals surface area contributed by atoms with E-state index in [-0.39, 0.29) is 12.0 Å². The van der Waals surface area contributed by atoms with Gasteiger partial charge in [-0.05, 0) is 24.1 Å². The lowest BCUT2D eigenvalue weighted by Gasteiger charge is -2.21. The lowest BCUT2D eigenvalue weighted by Crippen LogP contribution is -2.45. The Morgan fingerprint density at radius 3 is 2.04 bits per heavy atom. The quantitative estimate of drug-likeness (QED) is 0.685. The molecule has 7 nitrogen and oxygen atoms in total. The zero-order chi connectivity index (χ0) is 20.8. The van der Waals surface area contributed by atoms with E-state index in [1.165, 1.54) is 14.0 Å². The number of aliphatic hydroxyl groups is 1. The zero-order valence-electron chi connectivity index (χ0n) is 14.9. The van der Waals surface area contributed by atoms with Gasteiger partial charge in [-0.3, -0.25) is 9.59 Å². The monoisotopic (exact) mass is 391 g/mol. The van der Waals surface area contributed by atoms with Crippen LogP contribution in [0.1, 0.15) is 30.6 Å². The Hall–Kier alpha value is -2.62. The number of hydrogen-bond acceptors (Lipinski definition) is 6. The summed E-state index contributed by atoms with van der Waals surface area (Å²) < 4.78 is 46.8. The van der Waals surface area contributed by atoms with Crippen molar-refractivity contribution in [2.24, 2.45) is 5.92 Å². The first-order valence-electron chi connectivity index (χ1n) is 7.82. The van der Waals surface area contributed by atoms with Crippen LogP contribution in [0.4, 0.5) is 13.2 Å². The minimum Gasteiger partial charge on any atom is -0.469 e. The highest BCUT2D eigenvalue weighted by atomic mass is 19.4. The molecule has 0 fully saturated rings. The van der Waals surface area contributed by atoms with Gasteiger partial charge in [0.2, 0.25) is 0 Å². The Morgan fingerprint density at radius 2 is 1.59 bits per heavy atom. The second-order valence-corrected chi connectivity index (χ2v) is 5.77. The molecule has 0 spiro atoms. The fourth-order valence-electron chi connectivity index (χ4n) is 2.26. The summed E-state index contributed by atoms with van der Waals surface area (Å²) >= 11 is 0. The summed E-state index contributed by atoms with van der Waals surface area (Å²) in [6.45, 7) is 1.47. The highest BCUT2D eigenvalue weighted by Gasteiger charge is 2.32. The van der Waals surface area contributed by atoms with E-state index in [0.29, 0.717) is 0 Å². The fourth-order valence-corrected chi connectivity index (χ4v) is 2.26. The van der Waals surface area contributed by atoms with Crippen LogP contribution in [0.3, 0.4) is 0 Å². The van der Waals surface area contributed by atoms with Crippen LogP contribution in [0.25, 0.3) is 0 Å². The molecule has 0 bridgehead atoms. The number of esters is 2. The van der Waals surface area contributed by atoms with Crippen molar-refractivity contribution >= 4 is 17.8 Å². The van der Waals surface area contributed by atoms with Crippen molar-refractivity contribution in [3.63, 3.8) is 0 Å². The average Bonchev–Trinajstić information content (AvgIpc) is 2.64. The Labute approximate surface area is 153 Å². The van der Waals surface area contributed by atoms with Gasteiger partial charge < -0.3 is 19.9 Å². The molecule has 3 atom stereocenters. The number of rotatable bonds is 7. The van der Waals surface area contributed by atoms with Gasteiger partial charge >= 0.3 is 18.1 Å². The summed E-state index contributed by atoms with van der Waals surface area (Å²) in [6.07, 6.45) is -6.51. The van der Waals surface area contributed by atoms with E-state index < -0.39 is 47.6 Å². The first kappa shape index (κ1) is 22.4. The summed E-state index contributed by atoms with van der Waals surface area (Å²) in [4.78, 5) is 35.5. The third-order valence-electron chi connectivity index (χ3n) is 3.80. The SMILES string of the molecule is COC(=O)[C@H](C[C@H](C)C(=O)OC)NC(=O)[C@@H](O)c1ccc(C(F)(F)F)cc1. The average molecular weight is 391 g/mol. The van der Waals surface area contributed by atoms with E-state index in [2.05, 4.69) is 14.8 Å². The maximum atomic E-state index is 12.6. The van der Waals surface area contributed by atoms with Crippen LogP contribution in [-0.2, 0) is 30.0 Å². The number of alkyl halides is 3. The summed E-state index contributed by atoms with van der Waals surface area (Å²) in [7, 11) is 2.25. The molecule has 0 saturated heterocycles. The molecular weight excluding hydrogens is 371 g/mol. The normalized spacial score (nSPS) is 14.6. The van der Waals surface area contributed by atoms with Crippen LogP contribution in [0.2, 0.25) is 0 Å². The molecule has 1 aromatic rings. The van der Waals surface area contributed by atoms with Gasteiger partial charge in [-0.1, -0.05) is 19.1 Å². The number of amides is 1. The molecule has 1 amide bonds.